The summed E-state index contributed by atoms with van der Waals surface area (Å²) in [7, 11) is 0. The van der Waals surface area contributed by atoms with E-state index in [2.05, 4.69) is 48.1 Å². The molecule has 30 heavy (non-hydrogen) atoms. The molecule has 2 heterocycles. The van der Waals surface area contributed by atoms with Gasteiger partial charge in [-0.1, -0.05) is 18.4 Å². The number of thiazole rings is 1. The largest absolute Gasteiger partial charge is 0.322 e. The van der Waals surface area contributed by atoms with E-state index in [1.165, 1.54) is 25.0 Å². The molecule has 2 aliphatic rings. The number of H-pyrrole nitrogens is 1. The van der Waals surface area contributed by atoms with E-state index in [1.807, 2.05) is 24.3 Å². The van der Waals surface area contributed by atoms with Crippen LogP contribution in [0.25, 0.3) is 5.57 Å². The topological polar surface area (TPSA) is 96.5 Å². The van der Waals surface area contributed by atoms with Crippen LogP contribution in [0, 0.1) is 11.8 Å². The highest BCUT2D eigenvalue weighted by Gasteiger charge is 2.24. The number of nitrogens with one attached hydrogen (secondary N) is 2. The van der Waals surface area contributed by atoms with E-state index in [0.717, 1.165) is 34.6 Å². The molecule has 1 saturated carbocycles. The molecule has 2 aromatic heterocycles. The minimum Gasteiger partial charge on any atom is -0.322 e. The number of amides is 1. The molecule has 1 amide bonds. The molecule has 0 aliphatic heterocycles. The molecule has 0 atom stereocenters. The Morgan fingerprint density at radius 2 is 2.13 bits per heavy atom. The number of aromatic amines is 1. The number of anilines is 1. The van der Waals surface area contributed by atoms with Gasteiger partial charge in [0.15, 0.2) is 5.01 Å². The summed E-state index contributed by atoms with van der Waals surface area (Å²) in [5.74, 6) is 7.32. The first-order valence-electron chi connectivity index (χ1n) is 10.1. The smallest absolute Gasteiger partial charge is 0.251 e. The van der Waals surface area contributed by atoms with Crippen LogP contribution in [0.4, 0.5) is 5.69 Å². The maximum Gasteiger partial charge on any atom is 0.251 e. The van der Waals surface area contributed by atoms with Crippen molar-refractivity contribution in [2.24, 2.45) is 0 Å². The first-order chi connectivity index (χ1) is 14.8. The molecule has 0 spiro atoms. The molecule has 7 nitrogen and oxygen atoms in total. The normalized spacial score (nSPS) is 16.1. The summed E-state index contributed by atoms with van der Waals surface area (Å²) in [6.07, 6.45) is 6.18. The molecule has 5 rings (SSSR count). The molecule has 2 N–H and O–H groups in total. The third-order valence-electron chi connectivity index (χ3n) is 5.59. The van der Waals surface area contributed by atoms with Gasteiger partial charge in [-0.2, -0.15) is 5.21 Å². The quantitative estimate of drug-likeness (QED) is 0.629. The summed E-state index contributed by atoms with van der Waals surface area (Å²) < 4.78 is 0. The second kappa shape index (κ2) is 8.20. The van der Waals surface area contributed by atoms with E-state index >= 15 is 0 Å². The van der Waals surface area contributed by atoms with E-state index in [9.17, 15) is 4.79 Å². The lowest BCUT2D eigenvalue weighted by Gasteiger charge is -2.22. The Hall–Kier alpha value is -3.31. The predicted octanol–water partition coefficient (Wildman–Crippen LogP) is 3.90. The Labute approximate surface area is 178 Å². The van der Waals surface area contributed by atoms with Crippen molar-refractivity contribution in [3.05, 3.63) is 57.3 Å². The number of carbonyl (C=O) groups is 1. The van der Waals surface area contributed by atoms with Gasteiger partial charge in [0, 0.05) is 33.7 Å². The van der Waals surface area contributed by atoms with Crippen LogP contribution in [0.3, 0.4) is 0 Å². The van der Waals surface area contributed by atoms with Crippen LogP contribution in [-0.2, 0) is 4.79 Å². The van der Waals surface area contributed by atoms with E-state index in [-0.39, 0.29) is 5.91 Å². The molecule has 1 aromatic carbocycles. The SMILES string of the molecule is O=C(Nc1cccc(C#Cc2nc(C3CCC3)cs2)c1)C1=C(c2nn[nH]n2)CCC1. The summed E-state index contributed by atoms with van der Waals surface area (Å²) in [5, 5.41) is 20.0. The maximum absolute atomic E-state index is 12.8. The van der Waals surface area contributed by atoms with Crippen LogP contribution in [-0.4, -0.2) is 31.5 Å². The Kier molecular flexibility index (Phi) is 5.11. The van der Waals surface area contributed by atoms with Gasteiger partial charge in [0.1, 0.15) is 0 Å². The first kappa shape index (κ1) is 18.7. The predicted molar refractivity (Wildman–Crippen MR) is 115 cm³/mol. The third-order valence-corrected chi connectivity index (χ3v) is 6.36. The molecular weight excluding hydrogens is 396 g/mol. The molecule has 0 saturated heterocycles. The second-order valence-electron chi connectivity index (χ2n) is 7.54. The minimum absolute atomic E-state index is 0.123. The first-order valence-corrected chi connectivity index (χ1v) is 11.0. The van der Waals surface area contributed by atoms with Crippen molar-refractivity contribution in [1.82, 2.24) is 25.6 Å². The van der Waals surface area contributed by atoms with Crippen molar-refractivity contribution in [2.45, 2.75) is 44.4 Å². The lowest BCUT2D eigenvalue weighted by atomic mass is 9.83. The van der Waals surface area contributed by atoms with Crippen LogP contribution in [0.15, 0.2) is 35.2 Å². The second-order valence-corrected chi connectivity index (χ2v) is 8.39. The average molecular weight is 417 g/mol. The van der Waals surface area contributed by atoms with Gasteiger partial charge in [0.05, 0.1) is 5.69 Å². The third kappa shape index (κ3) is 3.89. The fourth-order valence-electron chi connectivity index (χ4n) is 3.77. The number of nitrogens with zero attached hydrogens (tertiary/aromatic N) is 4. The van der Waals surface area contributed by atoms with Crippen molar-refractivity contribution in [2.75, 3.05) is 5.32 Å². The van der Waals surface area contributed by atoms with Gasteiger partial charge in [0.25, 0.3) is 5.91 Å². The molecule has 8 heteroatoms. The lowest BCUT2D eigenvalue weighted by Crippen LogP contribution is -2.14. The van der Waals surface area contributed by atoms with E-state index in [0.29, 0.717) is 23.9 Å². The van der Waals surface area contributed by atoms with Gasteiger partial charge >= 0.3 is 0 Å². The highest BCUT2D eigenvalue weighted by atomic mass is 32.1. The molecule has 2 aliphatic carbocycles. The number of aromatic nitrogens is 5. The summed E-state index contributed by atoms with van der Waals surface area (Å²) in [4.78, 5) is 17.5. The Morgan fingerprint density at radius 1 is 1.20 bits per heavy atom. The summed E-state index contributed by atoms with van der Waals surface area (Å²) >= 11 is 1.60. The highest BCUT2D eigenvalue weighted by molar-refractivity contribution is 7.10. The highest BCUT2D eigenvalue weighted by Crippen LogP contribution is 2.36. The van der Waals surface area contributed by atoms with Crippen LogP contribution >= 0.6 is 11.3 Å². The van der Waals surface area contributed by atoms with Gasteiger partial charge < -0.3 is 5.32 Å². The van der Waals surface area contributed by atoms with Crippen LogP contribution in [0.2, 0.25) is 0 Å². The van der Waals surface area contributed by atoms with E-state index in [4.69, 9.17) is 0 Å². The number of benzene rings is 1. The number of rotatable bonds is 4. The summed E-state index contributed by atoms with van der Waals surface area (Å²) in [5.41, 5.74) is 4.32. The van der Waals surface area contributed by atoms with Gasteiger partial charge in [-0.25, -0.2) is 4.98 Å². The average Bonchev–Trinajstić information content (AvgIpc) is 3.46. The lowest BCUT2D eigenvalue weighted by molar-refractivity contribution is -0.112. The van der Waals surface area contributed by atoms with E-state index in [1.54, 1.807) is 11.3 Å². The van der Waals surface area contributed by atoms with Gasteiger partial charge in [0.2, 0.25) is 5.82 Å². The van der Waals surface area contributed by atoms with Crippen molar-refractivity contribution in [3.8, 4) is 11.8 Å². The standard InChI is InChI=1S/C22H20N6OS/c29-22(18-9-3-8-17(18)21-25-27-28-26-21)23-16-7-1-4-14(12-16)10-11-20-24-19(13-30-20)15-5-2-6-15/h1,4,7,12-13,15H,2-3,5-6,8-9H2,(H,23,29)(H,25,26,27,28). The van der Waals surface area contributed by atoms with Crippen LogP contribution in [0.1, 0.15) is 66.5 Å². The molecule has 3 aromatic rings. The maximum atomic E-state index is 12.8. The summed E-state index contributed by atoms with van der Waals surface area (Å²) in [6, 6.07) is 7.58. The Morgan fingerprint density at radius 3 is 2.93 bits per heavy atom. The van der Waals surface area contributed by atoms with E-state index < -0.39 is 0 Å². The number of hydrogen-bond donors (Lipinski definition) is 2. The van der Waals surface area contributed by atoms with Gasteiger partial charge in [-0.15, -0.1) is 21.5 Å². The van der Waals surface area contributed by atoms with Crippen molar-refractivity contribution < 1.29 is 4.79 Å². The monoisotopic (exact) mass is 416 g/mol. The van der Waals surface area contributed by atoms with Crippen molar-refractivity contribution in [1.29, 1.82) is 0 Å². The van der Waals surface area contributed by atoms with Gasteiger partial charge in [-0.05, 0) is 61.4 Å². The van der Waals surface area contributed by atoms with Crippen molar-refractivity contribution in [3.63, 3.8) is 0 Å². The Balaban J connectivity index is 1.30. The fourth-order valence-corrected chi connectivity index (χ4v) is 4.52. The number of tetrazole rings is 1. The summed E-state index contributed by atoms with van der Waals surface area (Å²) in [6.45, 7) is 0. The molecule has 1 fully saturated rings. The zero-order chi connectivity index (χ0) is 20.3. The molecule has 0 unspecified atom stereocenters. The molecule has 150 valence electrons. The number of allylic oxidation sites excluding steroid dienone is 1. The minimum atomic E-state index is -0.123. The zero-order valence-corrected chi connectivity index (χ0v) is 17.1. The Bertz CT molecular complexity index is 1160. The van der Waals surface area contributed by atoms with Crippen molar-refractivity contribution >= 4 is 28.5 Å². The molecule has 0 radical (unpaired) electrons. The number of hydrogen-bond acceptors (Lipinski definition) is 6. The molecular formula is C22H20N6OS. The van der Waals surface area contributed by atoms with Crippen LogP contribution in [0.5, 0.6) is 0 Å². The van der Waals surface area contributed by atoms with Crippen LogP contribution < -0.4 is 5.32 Å². The van der Waals surface area contributed by atoms with Gasteiger partial charge in [-0.3, -0.25) is 4.79 Å². The zero-order valence-electron chi connectivity index (χ0n) is 16.3. The fraction of sp³-hybridized carbons (Fsp3) is 0.318. The molecule has 0 bridgehead atoms. The number of carbonyl (C=O) groups excluding carboxylic acids is 1.